The highest BCUT2D eigenvalue weighted by molar-refractivity contribution is 7.09. The predicted molar refractivity (Wildman–Crippen MR) is 95.2 cm³/mol. The van der Waals surface area contributed by atoms with Gasteiger partial charge in [-0.1, -0.05) is 6.07 Å². The lowest BCUT2D eigenvalue weighted by Crippen LogP contribution is -2.43. The van der Waals surface area contributed by atoms with Gasteiger partial charge in [-0.15, -0.1) is 16.4 Å². The van der Waals surface area contributed by atoms with Crippen molar-refractivity contribution < 1.29 is 4.79 Å². The van der Waals surface area contributed by atoms with Crippen LogP contribution in [0.15, 0.2) is 23.6 Å². The summed E-state index contributed by atoms with van der Waals surface area (Å²) in [6, 6.07) is 6.25. The molecule has 1 amide bonds. The van der Waals surface area contributed by atoms with Crippen molar-refractivity contribution >= 4 is 23.1 Å². The lowest BCUT2D eigenvalue weighted by Gasteiger charge is -2.32. The number of rotatable bonds is 4. The molecule has 0 spiro atoms. The second kappa shape index (κ2) is 6.89. The fraction of sp³-hybridized carbons (Fsp3) is 0.500. The summed E-state index contributed by atoms with van der Waals surface area (Å²) in [6.45, 7) is 2.33. The number of nitrogens with zero attached hydrogens (tertiary/aromatic N) is 3. The molecule has 0 radical (unpaired) electrons. The molecule has 24 heavy (non-hydrogen) atoms. The van der Waals surface area contributed by atoms with Gasteiger partial charge in [0.1, 0.15) is 0 Å². The first-order chi connectivity index (χ1) is 11.8. The van der Waals surface area contributed by atoms with Gasteiger partial charge in [-0.25, -0.2) is 0 Å². The third kappa shape index (κ3) is 3.29. The molecule has 2 aliphatic rings. The first-order valence-corrected chi connectivity index (χ1v) is 9.58. The van der Waals surface area contributed by atoms with Gasteiger partial charge in [-0.2, -0.15) is 5.10 Å². The fourth-order valence-electron chi connectivity index (χ4n) is 3.60. The highest BCUT2D eigenvalue weighted by Crippen LogP contribution is 2.26. The number of anilines is 1. The molecule has 0 saturated carbocycles. The van der Waals surface area contributed by atoms with Crippen LogP contribution in [0.4, 0.5) is 5.82 Å². The van der Waals surface area contributed by atoms with Crippen LogP contribution in [-0.2, 0) is 24.2 Å². The van der Waals surface area contributed by atoms with E-state index in [1.807, 2.05) is 11.4 Å². The van der Waals surface area contributed by atoms with E-state index in [4.69, 9.17) is 0 Å². The maximum atomic E-state index is 12.5. The summed E-state index contributed by atoms with van der Waals surface area (Å²) >= 11 is 1.68. The molecule has 0 bridgehead atoms. The lowest BCUT2D eigenvalue weighted by atomic mass is 9.97. The van der Waals surface area contributed by atoms with Gasteiger partial charge in [0.05, 0.1) is 18.2 Å². The first-order valence-electron chi connectivity index (χ1n) is 8.70. The monoisotopic (exact) mass is 342 g/mol. The summed E-state index contributed by atoms with van der Waals surface area (Å²) in [4.78, 5) is 15.9. The Balaban J connectivity index is 1.39. The zero-order valence-corrected chi connectivity index (χ0v) is 14.5. The van der Waals surface area contributed by atoms with E-state index in [1.54, 1.807) is 11.3 Å². The third-order valence-corrected chi connectivity index (χ3v) is 5.82. The highest BCUT2D eigenvalue weighted by atomic mass is 32.1. The molecule has 2 aromatic rings. The smallest absolute Gasteiger partial charge is 0.225 e. The zero-order valence-electron chi connectivity index (χ0n) is 13.7. The molecular weight excluding hydrogens is 320 g/mol. The van der Waals surface area contributed by atoms with Crippen LogP contribution in [0.2, 0.25) is 0 Å². The van der Waals surface area contributed by atoms with E-state index in [0.29, 0.717) is 6.54 Å². The molecular formula is C18H22N4OS. The van der Waals surface area contributed by atoms with Crippen LogP contribution in [0.3, 0.4) is 0 Å². The van der Waals surface area contributed by atoms with E-state index in [0.717, 1.165) is 50.3 Å². The Labute approximate surface area is 146 Å². The number of aryl methyl sites for hydroxylation is 2. The van der Waals surface area contributed by atoms with Crippen molar-refractivity contribution in [2.24, 2.45) is 5.92 Å². The maximum absolute atomic E-state index is 12.5. The summed E-state index contributed by atoms with van der Waals surface area (Å²) in [5, 5.41) is 13.9. The van der Waals surface area contributed by atoms with E-state index in [-0.39, 0.29) is 11.8 Å². The SMILES string of the molecule is O=C(NCc1cccs1)[C@@H]1CCCN(c2cc3c(nn2)CCC3)C1. The zero-order chi connectivity index (χ0) is 16.4. The van der Waals surface area contributed by atoms with Gasteiger partial charge in [-0.05, 0) is 55.2 Å². The molecule has 1 N–H and O–H groups in total. The molecule has 6 heteroatoms. The lowest BCUT2D eigenvalue weighted by molar-refractivity contribution is -0.125. The molecule has 1 saturated heterocycles. The molecule has 1 aliphatic heterocycles. The molecule has 1 fully saturated rings. The van der Waals surface area contributed by atoms with Crippen molar-refractivity contribution in [3.8, 4) is 0 Å². The number of fused-ring (bicyclic) bond motifs is 1. The third-order valence-electron chi connectivity index (χ3n) is 4.94. The van der Waals surface area contributed by atoms with Crippen LogP contribution < -0.4 is 10.2 Å². The van der Waals surface area contributed by atoms with Crippen LogP contribution in [0.25, 0.3) is 0 Å². The van der Waals surface area contributed by atoms with E-state index in [1.165, 1.54) is 16.9 Å². The van der Waals surface area contributed by atoms with E-state index in [9.17, 15) is 4.79 Å². The quantitative estimate of drug-likeness (QED) is 0.928. The van der Waals surface area contributed by atoms with E-state index in [2.05, 4.69) is 32.5 Å². The van der Waals surface area contributed by atoms with Crippen molar-refractivity contribution in [1.29, 1.82) is 0 Å². The van der Waals surface area contributed by atoms with Gasteiger partial charge in [0.2, 0.25) is 5.91 Å². The average Bonchev–Trinajstić information content (AvgIpc) is 3.30. The minimum absolute atomic E-state index is 0.0359. The molecule has 1 aliphatic carbocycles. The minimum Gasteiger partial charge on any atom is -0.354 e. The summed E-state index contributed by atoms with van der Waals surface area (Å²) in [5.41, 5.74) is 2.49. The van der Waals surface area contributed by atoms with Crippen molar-refractivity contribution in [1.82, 2.24) is 15.5 Å². The number of carbonyl (C=O) groups is 1. The van der Waals surface area contributed by atoms with Crippen molar-refractivity contribution in [3.63, 3.8) is 0 Å². The molecule has 126 valence electrons. The number of nitrogens with one attached hydrogen (secondary N) is 1. The van der Waals surface area contributed by atoms with Crippen molar-refractivity contribution in [3.05, 3.63) is 39.7 Å². The normalized spacial score (nSPS) is 20.0. The average molecular weight is 342 g/mol. The summed E-state index contributed by atoms with van der Waals surface area (Å²) < 4.78 is 0. The van der Waals surface area contributed by atoms with Gasteiger partial charge >= 0.3 is 0 Å². The topological polar surface area (TPSA) is 58.1 Å². The second-order valence-electron chi connectivity index (χ2n) is 6.61. The molecule has 3 heterocycles. The Bertz CT molecular complexity index is 716. The van der Waals surface area contributed by atoms with Gasteiger partial charge in [0.15, 0.2) is 5.82 Å². The van der Waals surface area contributed by atoms with Gasteiger partial charge in [0, 0.05) is 18.0 Å². The molecule has 4 rings (SSSR count). The summed E-state index contributed by atoms with van der Waals surface area (Å²) in [5.74, 6) is 1.13. The molecule has 0 aromatic carbocycles. The standard InChI is InChI=1S/C18H22N4OS/c23-18(19-11-15-6-3-9-24-15)14-5-2-8-22(12-14)17-10-13-4-1-7-16(13)20-21-17/h3,6,9-10,14H,1-2,4-5,7-8,11-12H2,(H,19,23)/t14-/m1/s1. The minimum atomic E-state index is 0.0359. The highest BCUT2D eigenvalue weighted by Gasteiger charge is 2.27. The Morgan fingerprint density at radius 1 is 1.33 bits per heavy atom. The van der Waals surface area contributed by atoms with Crippen LogP contribution in [0.5, 0.6) is 0 Å². The van der Waals surface area contributed by atoms with Gasteiger partial charge < -0.3 is 10.2 Å². The predicted octanol–water partition coefficient (Wildman–Crippen LogP) is 2.56. The Morgan fingerprint density at radius 3 is 3.17 bits per heavy atom. The Kier molecular flexibility index (Phi) is 4.47. The molecule has 5 nitrogen and oxygen atoms in total. The second-order valence-corrected chi connectivity index (χ2v) is 7.64. The van der Waals surface area contributed by atoms with Crippen LogP contribution in [-0.4, -0.2) is 29.2 Å². The van der Waals surface area contributed by atoms with Gasteiger partial charge in [-0.3, -0.25) is 4.79 Å². The van der Waals surface area contributed by atoms with E-state index < -0.39 is 0 Å². The fourth-order valence-corrected chi connectivity index (χ4v) is 4.25. The Morgan fingerprint density at radius 2 is 2.29 bits per heavy atom. The number of thiophene rings is 1. The number of hydrogen-bond donors (Lipinski definition) is 1. The Hall–Kier alpha value is -1.95. The summed E-state index contributed by atoms with van der Waals surface area (Å²) in [7, 11) is 0. The largest absolute Gasteiger partial charge is 0.354 e. The summed E-state index contributed by atoms with van der Waals surface area (Å²) in [6.07, 6.45) is 5.31. The molecule has 2 aromatic heterocycles. The number of piperidine rings is 1. The van der Waals surface area contributed by atoms with E-state index >= 15 is 0 Å². The van der Waals surface area contributed by atoms with Crippen LogP contribution in [0.1, 0.15) is 35.4 Å². The number of hydrogen-bond acceptors (Lipinski definition) is 5. The number of carbonyl (C=O) groups excluding carboxylic acids is 1. The van der Waals surface area contributed by atoms with Crippen LogP contribution in [0, 0.1) is 5.92 Å². The van der Waals surface area contributed by atoms with Crippen LogP contribution >= 0.6 is 11.3 Å². The maximum Gasteiger partial charge on any atom is 0.225 e. The molecule has 1 atom stereocenters. The van der Waals surface area contributed by atoms with Crippen molar-refractivity contribution in [2.75, 3.05) is 18.0 Å². The molecule has 0 unspecified atom stereocenters. The van der Waals surface area contributed by atoms with Crippen molar-refractivity contribution in [2.45, 2.75) is 38.6 Å². The number of amides is 1. The van der Waals surface area contributed by atoms with Gasteiger partial charge in [0.25, 0.3) is 0 Å². The first kappa shape index (κ1) is 15.6. The number of aromatic nitrogens is 2.